The number of hydrogen-bond donors (Lipinski definition) is 3. The average molecular weight is 181 g/mol. The summed E-state index contributed by atoms with van der Waals surface area (Å²) in [6.45, 7) is 1.29. The van der Waals surface area contributed by atoms with Crippen LogP contribution in [0.2, 0.25) is 0 Å². The first-order chi connectivity index (χ1) is 6.27. The van der Waals surface area contributed by atoms with E-state index in [0.717, 1.165) is 11.4 Å². The van der Waals surface area contributed by atoms with Crippen LogP contribution in [0.3, 0.4) is 0 Å². The molecular formula is C9H15N3O. The molecule has 1 aromatic rings. The summed E-state index contributed by atoms with van der Waals surface area (Å²) >= 11 is 0. The predicted octanol–water partition coefficient (Wildman–Crippen LogP) is 0.648. The maximum atomic E-state index is 5.73. The largest absolute Gasteiger partial charge is 0.497 e. The number of methoxy groups -OCH3 is 1. The molecule has 13 heavy (non-hydrogen) atoms. The van der Waals surface area contributed by atoms with Crippen LogP contribution in [0.5, 0.6) is 5.75 Å². The topological polar surface area (TPSA) is 73.3 Å². The van der Waals surface area contributed by atoms with Gasteiger partial charge in [0, 0.05) is 19.2 Å². The number of ether oxygens (including phenoxy) is 1. The number of benzene rings is 1. The Morgan fingerprint density at radius 1 is 1.46 bits per heavy atom. The van der Waals surface area contributed by atoms with Crippen LogP contribution in [0, 0.1) is 0 Å². The van der Waals surface area contributed by atoms with Gasteiger partial charge in [0.05, 0.1) is 18.5 Å². The Bertz CT molecular complexity index is 276. The molecule has 0 amide bonds. The number of nitrogen functional groups attached to an aromatic ring is 1. The summed E-state index contributed by atoms with van der Waals surface area (Å²) < 4.78 is 5.06. The van der Waals surface area contributed by atoms with Crippen LogP contribution in [0.25, 0.3) is 0 Å². The zero-order valence-electron chi connectivity index (χ0n) is 7.71. The lowest BCUT2D eigenvalue weighted by Gasteiger charge is -2.09. The summed E-state index contributed by atoms with van der Waals surface area (Å²) in [5.41, 5.74) is 12.7. The first-order valence-electron chi connectivity index (χ1n) is 4.15. The fourth-order valence-electron chi connectivity index (χ4n) is 1.02. The smallest absolute Gasteiger partial charge is 0.121 e. The van der Waals surface area contributed by atoms with Crippen LogP contribution in [0.15, 0.2) is 18.2 Å². The van der Waals surface area contributed by atoms with Gasteiger partial charge in [0.2, 0.25) is 0 Å². The molecule has 1 rings (SSSR count). The quantitative estimate of drug-likeness (QED) is 0.596. The van der Waals surface area contributed by atoms with Gasteiger partial charge in [-0.25, -0.2) is 0 Å². The molecule has 4 heteroatoms. The van der Waals surface area contributed by atoms with E-state index in [1.807, 2.05) is 12.1 Å². The van der Waals surface area contributed by atoms with E-state index >= 15 is 0 Å². The molecule has 0 aliphatic heterocycles. The van der Waals surface area contributed by atoms with Gasteiger partial charge in [0.1, 0.15) is 5.75 Å². The Labute approximate surface area is 77.9 Å². The van der Waals surface area contributed by atoms with E-state index in [1.165, 1.54) is 0 Å². The van der Waals surface area contributed by atoms with Gasteiger partial charge >= 0.3 is 0 Å². The molecule has 0 aromatic heterocycles. The van der Waals surface area contributed by atoms with Crippen molar-refractivity contribution >= 4 is 11.4 Å². The highest BCUT2D eigenvalue weighted by Gasteiger charge is 1.99. The third-order valence-corrected chi connectivity index (χ3v) is 1.72. The van der Waals surface area contributed by atoms with E-state index in [0.29, 0.717) is 18.8 Å². The molecule has 0 unspecified atom stereocenters. The second-order valence-electron chi connectivity index (χ2n) is 2.67. The normalized spacial score (nSPS) is 9.69. The summed E-state index contributed by atoms with van der Waals surface area (Å²) in [5.74, 6) is 0.786. The zero-order chi connectivity index (χ0) is 9.68. The lowest BCUT2D eigenvalue weighted by molar-refractivity contribution is 0.415. The molecule has 0 atom stereocenters. The Hall–Kier alpha value is -1.42. The van der Waals surface area contributed by atoms with E-state index in [9.17, 15) is 0 Å². The Balaban J connectivity index is 2.78. The summed E-state index contributed by atoms with van der Waals surface area (Å²) in [5, 5.41) is 3.11. The predicted molar refractivity (Wildman–Crippen MR) is 55.0 cm³/mol. The fraction of sp³-hybridized carbons (Fsp3) is 0.333. The van der Waals surface area contributed by atoms with Crippen molar-refractivity contribution in [3.8, 4) is 5.75 Å². The maximum Gasteiger partial charge on any atom is 0.121 e. The summed E-state index contributed by atoms with van der Waals surface area (Å²) in [6.07, 6.45) is 0. The zero-order valence-corrected chi connectivity index (χ0v) is 7.71. The molecule has 72 valence electrons. The number of nitrogens with one attached hydrogen (secondary N) is 1. The van der Waals surface area contributed by atoms with Crippen molar-refractivity contribution in [1.29, 1.82) is 0 Å². The van der Waals surface area contributed by atoms with Gasteiger partial charge < -0.3 is 21.5 Å². The first-order valence-corrected chi connectivity index (χ1v) is 4.15. The SMILES string of the molecule is COc1ccc(N)c(NCCN)c1. The van der Waals surface area contributed by atoms with Crippen molar-refractivity contribution in [3.05, 3.63) is 18.2 Å². The van der Waals surface area contributed by atoms with Crippen molar-refractivity contribution in [2.45, 2.75) is 0 Å². The molecule has 5 N–H and O–H groups in total. The van der Waals surface area contributed by atoms with E-state index in [1.54, 1.807) is 13.2 Å². The van der Waals surface area contributed by atoms with Crippen molar-refractivity contribution in [2.75, 3.05) is 31.2 Å². The van der Waals surface area contributed by atoms with Crippen molar-refractivity contribution in [1.82, 2.24) is 0 Å². The molecule has 1 aromatic carbocycles. The van der Waals surface area contributed by atoms with Crippen LogP contribution in [0.1, 0.15) is 0 Å². The molecular weight excluding hydrogens is 166 g/mol. The molecule has 0 aliphatic carbocycles. The number of anilines is 2. The Morgan fingerprint density at radius 3 is 2.85 bits per heavy atom. The third kappa shape index (κ3) is 2.52. The van der Waals surface area contributed by atoms with Crippen LogP contribution in [0.4, 0.5) is 11.4 Å². The standard InChI is InChI=1S/C9H15N3O/c1-13-7-2-3-8(11)9(6-7)12-5-4-10/h2-3,6,12H,4-5,10-11H2,1H3. The minimum absolute atomic E-state index is 0.580. The second-order valence-corrected chi connectivity index (χ2v) is 2.67. The van der Waals surface area contributed by atoms with Crippen LogP contribution in [-0.4, -0.2) is 20.2 Å². The highest BCUT2D eigenvalue weighted by Crippen LogP contribution is 2.23. The first kappa shape index (κ1) is 9.67. The van der Waals surface area contributed by atoms with Gasteiger partial charge in [-0.1, -0.05) is 0 Å². The van der Waals surface area contributed by atoms with Crippen molar-refractivity contribution in [2.24, 2.45) is 5.73 Å². The molecule has 0 spiro atoms. The van der Waals surface area contributed by atoms with Gasteiger partial charge in [0.25, 0.3) is 0 Å². The summed E-state index contributed by atoms with van der Waals surface area (Å²) in [4.78, 5) is 0. The minimum atomic E-state index is 0.580. The number of nitrogens with two attached hydrogens (primary N) is 2. The van der Waals surface area contributed by atoms with E-state index < -0.39 is 0 Å². The molecule has 0 bridgehead atoms. The fourth-order valence-corrected chi connectivity index (χ4v) is 1.02. The maximum absolute atomic E-state index is 5.73. The van der Waals surface area contributed by atoms with Gasteiger partial charge in [0.15, 0.2) is 0 Å². The van der Waals surface area contributed by atoms with Crippen LogP contribution < -0.4 is 21.5 Å². The van der Waals surface area contributed by atoms with E-state index in [4.69, 9.17) is 16.2 Å². The van der Waals surface area contributed by atoms with Crippen LogP contribution >= 0.6 is 0 Å². The van der Waals surface area contributed by atoms with E-state index in [2.05, 4.69) is 5.32 Å². The highest BCUT2D eigenvalue weighted by molar-refractivity contribution is 5.68. The summed E-state index contributed by atoms with van der Waals surface area (Å²) in [6, 6.07) is 5.48. The molecule has 0 fully saturated rings. The number of rotatable bonds is 4. The molecule has 4 nitrogen and oxygen atoms in total. The lowest BCUT2D eigenvalue weighted by atomic mass is 10.2. The third-order valence-electron chi connectivity index (χ3n) is 1.72. The minimum Gasteiger partial charge on any atom is -0.497 e. The Kier molecular flexibility index (Phi) is 3.40. The van der Waals surface area contributed by atoms with Crippen molar-refractivity contribution in [3.63, 3.8) is 0 Å². The molecule has 0 radical (unpaired) electrons. The molecule has 0 heterocycles. The van der Waals surface area contributed by atoms with Crippen LogP contribution in [-0.2, 0) is 0 Å². The van der Waals surface area contributed by atoms with Gasteiger partial charge in [-0.15, -0.1) is 0 Å². The van der Waals surface area contributed by atoms with Gasteiger partial charge in [-0.2, -0.15) is 0 Å². The Morgan fingerprint density at radius 2 is 2.23 bits per heavy atom. The van der Waals surface area contributed by atoms with Crippen molar-refractivity contribution < 1.29 is 4.74 Å². The number of hydrogen-bond acceptors (Lipinski definition) is 4. The lowest BCUT2D eigenvalue weighted by Crippen LogP contribution is -2.14. The highest BCUT2D eigenvalue weighted by atomic mass is 16.5. The monoisotopic (exact) mass is 181 g/mol. The summed E-state index contributed by atoms with van der Waals surface area (Å²) in [7, 11) is 1.62. The molecule has 0 aliphatic rings. The second kappa shape index (κ2) is 4.57. The van der Waals surface area contributed by atoms with E-state index in [-0.39, 0.29) is 0 Å². The average Bonchev–Trinajstić information content (AvgIpc) is 2.17. The van der Waals surface area contributed by atoms with Gasteiger partial charge in [-0.05, 0) is 12.1 Å². The molecule has 0 saturated carbocycles. The van der Waals surface area contributed by atoms with Gasteiger partial charge in [-0.3, -0.25) is 0 Å². The molecule has 0 saturated heterocycles.